The van der Waals surface area contributed by atoms with Gasteiger partial charge in [-0.2, -0.15) is 0 Å². The monoisotopic (exact) mass is 357 g/mol. The fourth-order valence-corrected chi connectivity index (χ4v) is 4.63. The van der Waals surface area contributed by atoms with E-state index < -0.39 is 14.6 Å². The van der Waals surface area contributed by atoms with E-state index in [1.54, 1.807) is 0 Å². The van der Waals surface area contributed by atoms with Crippen LogP contribution in [-0.4, -0.2) is 37.3 Å². The maximum atomic E-state index is 12.8. The summed E-state index contributed by atoms with van der Waals surface area (Å²) in [6.07, 6.45) is 2.80. The SMILES string of the molecule is CC(C)(C)c1cc(CCC(C)(C)S(=O)(=O)CC2CCOCC2)on1. The lowest BCUT2D eigenvalue weighted by Crippen LogP contribution is -2.37. The number of nitrogens with zero attached hydrogens (tertiary/aromatic N) is 1. The summed E-state index contributed by atoms with van der Waals surface area (Å²) in [6, 6.07) is 1.95. The van der Waals surface area contributed by atoms with Crippen molar-refractivity contribution >= 4 is 9.84 Å². The highest BCUT2D eigenvalue weighted by molar-refractivity contribution is 7.92. The Hall–Kier alpha value is -0.880. The molecule has 138 valence electrons. The van der Waals surface area contributed by atoms with Crippen LogP contribution in [0.3, 0.4) is 0 Å². The van der Waals surface area contributed by atoms with Crippen molar-refractivity contribution < 1.29 is 17.7 Å². The number of hydrogen-bond acceptors (Lipinski definition) is 5. The van der Waals surface area contributed by atoms with Crippen LogP contribution in [0, 0.1) is 5.92 Å². The lowest BCUT2D eigenvalue weighted by atomic mass is 9.92. The number of rotatable bonds is 6. The van der Waals surface area contributed by atoms with E-state index in [9.17, 15) is 8.42 Å². The van der Waals surface area contributed by atoms with Gasteiger partial charge in [0, 0.05) is 31.1 Å². The van der Waals surface area contributed by atoms with Crippen LogP contribution in [0.2, 0.25) is 0 Å². The molecule has 0 amide bonds. The average molecular weight is 358 g/mol. The zero-order chi connectivity index (χ0) is 18.0. The number of aromatic nitrogens is 1. The van der Waals surface area contributed by atoms with Gasteiger partial charge in [0.2, 0.25) is 0 Å². The van der Waals surface area contributed by atoms with Crippen molar-refractivity contribution in [1.29, 1.82) is 0 Å². The van der Waals surface area contributed by atoms with Crippen molar-refractivity contribution in [2.24, 2.45) is 5.92 Å². The Morgan fingerprint density at radius 2 is 1.79 bits per heavy atom. The quantitative estimate of drug-likeness (QED) is 0.779. The van der Waals surface area contributed by atoms with Gasteiger partial charge in [-0.25, -0.2) is 8.42 Å². The van der Waals surface area contributed by atoms with Crippen LogP contribution in [-0.2, 0) is 26.4 Å². The van der Waals surface area contributed by atoms with Gasteiger partial charge in [0.1, 0.15) is 5.76 Å². The topological polar surface area (TPSA) is 69.4 Å². The van der Waals surface area contributed by atoms with Gasteiger partial charge in [-0.05, 0) is 39.0 Å². The molecule has 0 saturated carbocycles. The molecule has 1 aliphatic heterocycles. The summed E-state index contributed by atoms with van der Waals surface area (Å²) in [5, 5.41) is 4.11. The van der Waals surface area contributed by atoms with Crippen LogP contribution in [0.1, 0.15) is 65.3 Å². The maximum Gasteiger partial charge on any atom is 0.155 e. The minimum Gasteiger partial charge on any atom is -0.381 e. The van der Waals surface area contributed by atoms with Gasteiger partial charge in [0.15, 0.2) is 9.84 Å². The first-order valence-corrected chi connectivity index (χ1v) is 10.4. The van der Waals surface area contributed by atoms with E-state index in [2.05, 4.69) is 25.9 Å². The second kappa shape index (κ2) is 7.16. The van der Waals surface area contributed by atoms with Gasteiger partial charge in [-0.3, -0.25) is 0 Å². The Morgan fingerprint density at radius 3 is 2.33 bits per heavy atom. The zero-order valence-electron chi connectivity index (χ0n) is 15.6. The summed E-state index contributed by atoms with van der Waals surface area (Å²) in [7, 11) is -3.17. The molecular formula is C18H31NO4S. The van der Waals surface area contributed by atoms with E-state index in [0.29, 0.717) is 26.1 Å². The van der Waals surface area contributed by atoms with Crippen molar-refractivity contribution in [1.82, 2.24) is 5.16 Å². The van der Waals surface area contributed by atoms with Crippen LogP contribution in [0.15, 0.2) is 10.6 Å². The highest BCUT2D eigenvalue weighted by atomic mass is 32.2. The van der Waals surface area contributed by atoms with Gasteiger partial charge >= 0.3 is 0 Å². The van der Waals surface area contributed by atoms with Crippen LogP contribution >= 0.6 is 0 Å². The summed E-state index contributed by atoms with van der Waals surface area (Å²) >= 11 is 0. The van der Waals surface area contributed by atoms with Crippen LogP contribution in [0.25, 0.3) is 0 Å². The minimum absolute atomic E-state index is 0.0631. The third-order valence-corrected chi connectivity index (χ3v) is 7.74. The molecule has 0 aromatic carbocycles. The number of sulfone groups is 1. The average Bonchev–Trinajstić information content (AvgIpc) is 2.94. The predicted octanol–water partition coefficient (Wildman–Crippen LogP) is 3.52. The summed E-state index contributed by atoms with van der Waals surface area (Å²) in [6.45, 7) is 11.2. The summed E-state index contributed by atoms with van der Waals surface area (Å²) in [5.74, 6) is 1.24. The van der Waals surface area contributed by atoms with Gasteiger partial charge in [-0.15, -0.1) is 0 Å². The van der Waals surface area contributed by atoms with Crippen molar-refractivity contribution in [3.05, 3.63) is 17.5 Å². The van der Waals surface area contributed by atoms with Crippen molar-refractivity contribution in [3.8, 4) is 0 Å². The van der Waals surface area contributed by atoms with Crippen LogP contribution in [0.4, 0.5) is 0 Å². The smallest absolute Gasteiger partial charge is 0.155 e. The fraction of sp³-hybridized carbons (Fsp3) is 0.833. The molecule has 6 heteroatoms. The van der Waals surface area contributed by atoms with Gasteiger partial charge in [0.05, 0.1) is 16.2 Å². The second-order valence-corrected chi connectivity index (χ2v) is 11.2. The summed E-state index contributed by atoms with van der Waals surface area (Å²) in [4.78, 5) is 0. The summed E-state index contributed by atoms with van der Waals surface area (Å²) < 4.78 is 35.6. The first kappa shape index (κ1) is 19.4. The van der Waals surface area contributed by atoms with E-state index in [0.717, 1.165) is 24.3 Å². The molecule has 0 radical (unpaired) electrons. The van der Waals surface area contributed by atoms with Gasteiger partial charge < -0.3 is 9.26 Å². The van der Waals surface area contributed by atoms with Crippen molar-refractivity contribution in [3.63, 3.8) is 0 Å². The highest BCUT2D eigenvalue weighted by Gasteiger charge is 2.36. The van der Waals surface area contributed by atoms with E-state index in [-0.39, 0.29) is 17.1 Å². The molecule has 5 nitrogen and oxygen atoms in total. The van der Waals surface area contributed by atoms with E-state index in [4.69, 9.17) is 9.26 Å². The van der Waals surface area contributed by atoms with E-state index in [1.807, 2.05) is 19.9 Å². The second-order valence-electron chi connectivity index (χ2n) is 8.53. The Balaban J connectivity index is 1.97. The molecule has 1 aromatic heterocycles. The molecule has 2 heterocycles. The maximum absolute atomic E-state index is 12.8. The normalized spacial score (nSPS) is 18.0. The van der Waals surface area contributed by atoms with Crippen molar-refractivity contribution in [2.75, 3.05) is 19.0 Å². The molecule has 1 aromatic rings. The third kappa shape index (κ3) is 4.82. The number of hydrogen-bond donors (Lipinski definition) is 0. The van der Waals surface area contributed by atoms with Crippen LogP contribution in [0.5, 0.6) is 0 Å². The molecule has 24 heavy (non-hydrogen) atoms. The van der Waals surface area contributed by atoms with Crippen LogP contribution < -0.4 is 0 Å². The van der Waals surface area contributed by atoms with Gasteiger partial charge in [-0.1, -0.05) is 25.9 Å². The molecular weight excluding hydrogens is 326 g/mol. The first-order valence-electron chi connectivity index (χ1n) is 8.77. The summed E-state index contributed by atoms with van der Waals surface area (Å²) in [5.41, 5.74) is 0.840. The molecule has 1 fully saturated rings. The molecule has 0 bridgehead atoms. The molecule has 0 unspecified atom stereocenters. The molecule has 0 aliphatic carbocycles. The zero-order valence-corrected chi connectivity index (χ0v) is 16.4. The first-order chi connectivity index (χ1) is 11.0. The lowest BCUT2D eigenvalue weighted by Gasteiger charge is -2.29. The molecule has 0 atom stereocenters. The molecule has 1 saturated heterocycles. The molecule has 1 aliphatic rings. The van der Waals surface area contributed by atoms with E-state index >= 15 is 0 Å². The molecule has 0 spiro atoms. The predicted molar refractivity (Wildman–Crippen MR) is 94.9 cm³/mol. The molecule has 0 N–H and O–H groups in total. The standard InChI is InChI=1S/C18H31NO4S/c1-17(2,3)16-12-15(23-19-16)6-9-18(4,5)24(20,21)13-14-7-10-22-11-8-14/h12,14H,6-11,13H2,1-5H3. The largest absolute Gasteiger partial charge is 0.381 e. The Labute approximate surface area is 146 Å². The Morgan fingerprint density at radius 1 is 1.17 bits per heavy atom. The molecule has 2 rings (SSSR count). The van der Waals surface area contributed by atoms with Crippen molar-refractivity contribution in [2.45, 2.75) is 70.5 Å². The Kier molecular flexibility index (Phi) is 5.80. The lowest BCUT2D eigenvalue weighted by molar-refractivity contribution is 0.0722. The van der Waals surface area contributed by atoms with E-state index in [1.165, 1.54) is 0 Å². The Bertz CT molecular complexity index is 634. The number of aryl methyl sites for hydroxylation is 1. The third-order valence-electron chi connectivity index (χ3n) is 4.94. The highest BCUT2D eigenvalue weighted by Crippen LogP contribution is 2.29. The number of ether oxygens (including phenoxy) is 1. The van der Waals surface area contributed by atoms with Gasteiger partial charge in [0.25, 0.3) is 0 Å². The fourth-order valence-electron chi connectivity index (χ4n) is 2.81. The minimum atomic E-state index is -3.17.